The van der Waals surface area contributed by atoms with Gasteiger partial charge in [-0.1, -0.05) is 0 Å². The van der Waals surface area contributed by atoms with E-state index in [0.29, 0.717) is 0 Å². The zero-order chi connectivity index (χ0) is 21.9. The Bertz CT molecular complexity index is 780. The highest BCUT2D eigenvalue weighted by Gasteiger charge is 2.59. The van der Waals surface area contributed by atoms with Crippen molar-refractivity contribution in [3.8, 4) is 0 Å². The number of alkyl halides is 2. The molecule has 0 saturated carbocycles. The lowest BCUT2D eigenvalue weighted by Gasteiger charge is -2.33. The summed E-state index contributed by atoms with van der Waals surface area (Å²) in [5.41, 5.74) is 13.9. The van der Waals surface area contributed by atoms with E-state index >= 15 is 4.39 Å². The topological polar surface area (TPSA) is 178 Å². The molecular formula is C16H25ClFN5O6. The van der Waals surface area contributed by atoms with Crippen LogP contribution in [-0.4, -0.2) is 69.4 Å². The maximum absolute atomic E-state index is 15.4. The van der Waals surface area contributed by atoms with Crippen molar-refractivity contribution >= 4 is 23.4 Å². The normalized spacial score (nSPS) is 30.0. The Morgan fingerprint density at radius 1 is 1.52 bits per heavy atom. The summed E-state index contributed by atoms with van der Waals surface area (Å²) in [7, 11) is 0. The minimum absolute atomic E-state index is 0.0608. The third-order valence-electron chi connectivity index (χ3n) is 4.35. The van der Waals surface area contributed by atoms with E-state index in [1.165, 1.54) is 26.1 Å². The van der Waals surface area contributed by atoms with Crippen molar-refractivity contribution in [2.24, 2.45) is 11.5 Å². The van der Waals surface area contributed by atoms with Crippen LogP contribution in [-0.2, 0) is 19.0 Å². The smallest absolute Gasteiger partial charge is 0.351 e. The highest BCUT2D eigenvalue weighted by molar-refractivity contribution is 6.18. The highest BCUT2D eigenvalue weighted by atomic mass is 35.5. The second kappa shape index (κ2) is 9.32. The summed E-state index contributed by atoms with van der Waals surface area (Å²) in [6.07, 6.45) is -5.45. The number of halogens is 2. The van der Waals surface area contributed by atoms with Gasteiger partial charge in [0.2, 0.25) is 0 Å². The molecular weight excluding hydrogens is 413 g/mol. The number of carbonyl (C=O) groups is 1. The summed E-state index contributed by atoms with van der Waals surface area (Å²) in [6, 6.07) is -0.540. The minimum Gasteiger partial charge on any atom is -0.461 e. The quantitative estimate of drug-likeness (QED) is 0.215. The standard InChI is InChI=1S/C16H25ClFN5O6/c1-7(19)13(24)27-6-16(5-17)11(28-14(25)8(2)20)10(18)12(29-16)23-4-3-9(21)22-15(23)26/h3-4,7-8,10-12,14,25H,5-6,19-20H2,1-2H3,(H2,21,22,26)/t7-,8+,10-,11-,12+,14?,16+/m0/s1. The van der Waals surface area contributed by atoms with Gasteiger partial charge in [-0.05, 0) is 19.9 Å². The molecule has 7 N–H and O–H groups in total. The molecule has 1 aliphatic heterocycles. The van der Waals surface area contributed by atoms with Crippen LogP contribution in [0.3, 0.4) is 0 Å². The van der Waals surface area contributed by atoms with Crippen molar-refractivity contribution < 1.29 is 28.5 Å². The molecule has 13 heteroatoms. The summed E-state index contributed by atoms with van der Waals surface area (Å²) in [5, 5.41) is 10.0. The average Bonchev–Trinajstić information content (AvgIpc) is 2.92. The van der Waals surface area contributed by atoms with Crippen molar-refractivity contribution in [1.29, 1.82) is 0 Å². The fourth-order valence-electron chi connectivity index (χ4n) is 2.70. The predicted molar refractivity (Wildman–Crippen MR) is 101 cm³/mol. The van der Waals surface area contributed by atoms with E-state index in [1.807, 2.05) is 0 Å². The van der Waals surface area contributed by atoms with Crippen molar-refractivity contribution in [3.05, 3.63) is 22.7 Å². The van der Waals surface area contributed by atoms with Crippen LogP contribution in [0.4, 0.5) is 10.2 Å². The van der Waals surface area contributed by atoms with Crippen molar-refractivity contribution in [2.45, 2.75) is 56.3 Å². The molecule has 1 fully saturated rings. The first-order valence-electron chi connectivity index (χ1n) is 8.76. The molecule has 0 amide bonds. The SMILES string of the molecule is C[C@H](N)C(=O)OC[C@@]1(CCl)O[C@@H](n2ccc(N)nc2=O)[C@@H](F)[C@@H]1OC(O)[C@@H](C)N. The number of hydrogen-bond donors (Lipinski definition) is 4. The fraction of sp³-hybridized carbons (Fsp3) is 0.688. The monoisotopic (exact) mass is 437 g/mol. The first-order valence-corrected chi connectivity index (χ1v) is 9.29. The van der Waals surface area contributed by atoms with Crippen molar-refractivity contribution in [3.63, 3.8) is 0 Å². The molecule has 11 nitrogen and oxygen atoms in total. The molecule has 2 rings (SSSR count). The molecule has 1 aliphatic rings. The van der Waals surface area contributed by atoms with Crippen LogP contribution in [0.25, 0.3) is 0 Å². The molecule has 7 atom stereocenters. The number of hydrogen-bond acceptors (Lipinski definition) is 10. The van der Waals surface area contributed by atoms with E-state index in [0.717, 1.165) is 4.57 Å². The molecule has 1 aromatic heterocycles. The number of ether oxygens (including phenoxy) is 3. The summed E-state index contributed by atoms with van der Waals surface area (Å²) in [5.74, 6) is -1.24. The molecule has 1 unspecified atom stereocenters. The van der Waals surface area contributed by atoms with Crippen LogP contribution in [0.15, 0.2) is 17.1 Å². The van der Waals surface area contributed by atoms with E-state index < -0.39 is 66.6 Å². The van der Waals surface area contributed by atoms with E-state index in [2.05, 4.69) is 4.98 Å². The summed E-state index contributed by atoms with van der Waals surface area (Å²) in [6.45, 7) is 2.30. The maximum atomic E-state index is 15.4. The Morgan fingerprint density at radius 2 is 2.17 bits per heavy atom. The molecule has 0 aliphatic carbocycles. The fourth-order valence-corrected chi connectivity index (χ4v) is 2.99. The van der Waals surface area contributed by atoms with Crippen molar-refractivity contribution in [1.82, 2.24) is 9.55 Å². The second-order valence-electron chi connectivity index (χ2n) is 6.90. The van der Waals surface area contributed by atoms with Crippen LogP contribution < -0.4 is 22.9 Å². The van der Waals surface area contributed by atoms with Crippen LogP contribution >= 0.6 is 11.6 Å². The highest BCUT2D eigenvalue weighted by Crippen LogP contribution is 2.42. The van der Waals surface area contributed by atoms with E-state index in [4.69, 9.17) is 43.0 Å². The minimum atomic E-state index is -2.00. The number of carbonyl (C=O) groups excluding carboxylic acids is 1. The van der Waals surface area contributed by atoms with Gasteiger partial charge in [-0.3, -0.25) is 9.36 Å². The predicted octanol–water partition coefficient (Wildman–Crippen LogP) is -1.39. The lowest BCUT2D eigenvalue weighted by Crippen LogP contribution is -2.53. The average molecular weight is 438 g/mol. The third-order valence-corrected chi connectivity index (χ3v) is 4.81. The largest absolute Gasteiger partial charge is 0.461 e. The summed E-state index contributed by atoms with van der Waals surface area (Å²) >= 11 is 6.04. The van der Waals surface area contributed by atoms with Gasteiger partial charge in [-0.2, -0.15) is 4.98 Å². The molecule has 1 aromatic rings. The molecule has 1 saturated heterocycles. The van der Waals surface area contributed by atoms with Gasteiger partial charge < -0.3 is 36.5 Å². The Labute approximate surface area is 170 Å². The van der Waals surface area contributed by atoms with Gasteiger partial charge in [0.15, 0.2) is 18.7 Å². The lowest BCUT2D eigenvalue weighted by molar-refractivity contribution is -0.202. The number of anilines is 1. The number of nitrogens with two attached hydrogens (primary N) is 3. The van der Waals surface area contributed by atoms with Crippen LogP contribution in [0.5, 0.6) is 0 Å². The van der Waals surface area contributed by atoms with Crippen LogP contribution in [0.1, 0.15) is 20.1 Å². The number of rotatable bonds is 8. The Kier molecular flexibility index (Phi) is 7.54. The molecule has 29 heavy (non-hydrogen) atoms. The Hall–Kier alpha value is -1.83. The number of aromatic nitrogens is 2. The van der Waals surface area contributed by atoms with E-state index in [9.17, 15) is 14.7 Å². The Balaban J connectivity index is 2.40. The molecule has 0 bridgehead atoms. The van der Waals surface area contributed by atoms with Gasteiger partial charge in [-0.25, -0.2) is 9.18 Å². The maximum Gasteiger partial charge on any atom is 0.351 e. The molecule has 0 spiro atoms. The molecule has 164 valence electrons. The molecule has 0 aromatic carbocycles. The summed E-state index contributed by atoms with van der Waals surface area (Å²) < 4.78 is 32.4. The van der Waals surface area contributed by atoms with Gasteiger partial charge in [0.05, 0.1) is 11.9 Å². The van der Waals surface area contributed by atoms with E-state index in [-0.39, 0.29) is 5.82 Å². The number of aliphatic hydroxyl groups excluding tert-OH is 1. The number of aliphatic hydroxyl groups is 1. The number of nitrogens with zero attached hydrogens (tertiary/aromatic N) is 2. The van der Waals surface area contributed by atoms with Crippen LogP contribution in [0.2, 0.25) is 0 Å². The summed E-state index contributed by atoms with van der Waals surface area (Å²) in [4.78, 5) is 27.5. The Morgan fingerprint density at radius 3 is 2.69 bits per heavy atom. The first-order chi connectivity index (χ1) is 13.5. The number of esters is 1. The molecule has 0 radical (unpaired) electrons. The zero-order valence-electron chi connectivity index (χ0n) is 15.9. The zero-order valence-corrected chi connectivity index (χ0v) is 16.7. The number of nitrogen functional groups attached to an aromatic ring is 1. The van der Waals surface area contributed by atoms with Gasteiger partial charge in [0, 0.05) is 6.20 Å². The lowest BCUT2D eigenvalue weighted by atomic mass is 9.98. The van der Waals surface area contributed by atoms with Gasteiger partial charge in [0.1, 0.15) is 30.2 Å². The van der Waals surface area contributed by atoms with E-state index in [1.54, 1.807) is 0 Å². The van der Waals surface area contributed by atoms with Crippen LogP contribution in [0, 0.1) is 0 Å². The van der Waals surface area contributed by atoms with Gasteiger partial charge in [-0.15, -0.1) is 11.6 Å². The van der Waals surface area contributed by atoms with Crippen molar-refractivity contribution in [2.75, 3.05) is 18.2 Å². The second-order valence-corrected chi connectivity index (χ2v) is 7.16. The van der Waals surface area contributed by atoms with Gasteiger partial charge in [0.25, 0.3) is 0 Å². The molecule has 2 heterocycles. The first kappa shape index (κ1) is 23.4. The third kappa shape index (κ3) is 5.02. The van der Waals surface area contributed by atoms with Gasteiger partial charge >= 0.3 is 11.7 Å².